The first-order valence-electron chi connectivity index (χ1n) is 5.20. The number of carboxylic acid groups (broad SMARTS) is 1. The van der Waals surface area contributed by atoms with Crippen LogP contribution in [0.2, 0.25) is 5.28 Å². The molecule has 10 heteroatoms. The lowest BCUT2D eigenvalue weighted by molar-refractivity contribution is 0.0686. The van der Waals surface area contributed by atoms with Crippen molar-refractivity contribution in [2.24, 2.45) is 7.05 Å². The molecule has 0 aliphatic heterocycles. The second kappa shape index (κ2) is 5.10. The van der Waals surface area contributed by atoms with Crippen LogP contribution in [0, 0.1) is 0 Å². The van der Waals surface area contributed by atoms with Crippen molar-refractivity contribution in [3.63, 3.8) is 0 Å². The van der Waals surface area contributed by atoms with Gasteiger partial charge in [-0.25, -0.2) is 18.2 Å². The van der Waals surface area contributed by atoms with Crippen molar-refractivity contribution >= 4 is 33.4 Å². The van der Waals surface area contributed by atoms with Crippen molar-refractivity contribution in [1.82, 2.24) is 14.5 Å². The van der Waals surface area contributed by atoms with Crippen LogP contribution in [0.25, 0.3) is 0 Å². The first-order valence-corrected chi connectivity index (χ1v) is 7.07. The van der Waals surface area contributed by atoms with Crippen LogP contribution in [0.15, 0.2) is 29.4 Å². The average Bonchev–Trinajstić information content (AvgIpc) is 2.71. The predicted octanol–water partition coefficient (Wildman–Crippen LogP) is 0.968. The average molecular weight is 317 g/mol. The molecule has 2 heterocycles. The van der Waals surface area contributed by atoms with E-state index in [2.05, 4.69) is 14.7 Å². The highest BCUT2D eigenvalue weighted by molar-refractivity contribution is 7.92. The lowest BCUT2D eigenvalue weighted by atomic mass is 10.4. The molecule has 20 heavy (non-hydrogen) atoms. The monoisotopic (exact) mass is 316 g/mol. The fourth-order valence-electron chi connectivity index (χ4n) is 1.48. The lowest BCUT2D eigenvalue weighted by Crippen LogP contribution is -2.13. The van der Waals surface area contributed by atoms with Gasteiger partial charge in [0, 0.05) is 19.4 Å². The maximum atomic E-state index is 12.1. The number of carbonyl (C=O) groups is 1. The number of aromatic carboxylic acids is 1. The van der Waals surface area contributed by atoms with E-state index in [1.807, 2.05) is 0 Å². The van der Waals surface area contributed by atoms with Crippen molar-refractivity contribution in [1.29, 1.82) is 0 Å². The highest BCUT2D eigenvalue weighted by atomic mass is 35.5. The molecule has 0 atom stereocenters. The summed E-state index contributed by atoms with van der Waals surface area (Å²) < 4.78 is 27.5. The van der Waals surface area contributed by atoms with E-state index in [1.165, 1.54) is 30.1 Å². The minimum atomic E-state index is -3.95. The fraction of sp³-hybridized carbons (Fsp3) is 0.100. The molecule has 2 N–H and O–H groups in total. The van der Waals surface area contributed by atoms with Gasteiger partial charge < -0.3 is 9.67 Å². The van der Waals surface area contributed by atoms with Crippen LogP contribution in [0.4, 0.5) is 5.82 Å². The molecule has 0 radical (unpaired) electrons. The summed E-state index contributed by atoms with van der Waals surface area (Å²) in [4.78, 5) is 18.0. The van der Waals surface area contributed by atoms with E-state index < -0.39 is 16.0 Å². The number of anilines is 1. The van der Waals surface area contributed by atoms with E-state index in [9.17, 15) is 13.2 Å². The van der Waals surface area contributed by atoms with Gasteiger partial charge in [0.2, 0.25) is 5.28 Å². The Morgan fingerprint density at radius 1 is 1.50 bits per heavy atom. The molecule has 106 valence electrons. The summed E-state index contributed by atoms with van der Waals surface area (Å²) in [7, 11) is -2.51. The van der Waals surface area contributed by atoms with Crippen molar-refractivity contribution in [3.8, 4) is 0 Å². The minimum absolute atomic E-state index is 0.00859. The molecule has 0 saturated heterocycles. The van der Waals surface area contributed by atoms with Crippen molar-refractivity contribution in [2.45, 2.75) is 4.90 Å². The Morgan fingerprint density at radius 3 is 2.75 bits per heavy atom. The molecular formula is C10H9ClN4O4S. The molecule has 2 aromatic heterocycles. The number of hydrogen-bond donors (Lipinski definition) is 2. The van der Waals surface area contributed by atoms with Crippen molar-refractivity contribution in [2.75, 3.05) is 4.72 Å². The summed E-state index contributed by atoms with van der Waals surface area (Å²) in [6.45, 7) is 0. The largest absolute Gasteiger partial charge is 0.477 e. The van der Waals surface area contributed by atoms with Gasteiger partial charge in [-0.3, -0.25) is 4.72 Å². The lowest BCUT2D eigenvalue weighted by Gasteiger charge is -2.04. The zero-order valence-electron chi connectivity index (χ0n) is 10.1. The number of sulfonamides is 1. The number of nitrogens with zero attached hydrogens (tertiary/aromatic N) is 3. The Balaban J connectivity index is 2.36. The van der Waals surface area contributed by atoms with Crippen LogP contribution in [-0.4, -0.2) is 34.0 Å². The van der Waals surface area contributed by atoms with Gasteiger partial charge in [0.25, 0.3) is 10.0 Å². The summed E-state index contributed by atoms with van der Waals surface area (Å²) in [6.07, 6.45) is 2.48. The Labute approximate surface area is 119 Å². The van der Waals surface area contributed by atoms with E-state index in [0.717, 1.165) is 6.07 Å². The molecule has 0 aliphatic rings. The minimum Gasteiger partial charge on any atom is -0.477 e. The third kappa shape index (κ3) is 2.89. The van der Waals surface area contributed by atoms with Crippen molar-refractivity contribution < 1.29 is 18.3 Å². The van der Waals surface area contributed by atoms with Crippen LogP contribution >= 0.6 is 11.6 Å². The van der Waals surface area contributed by atoms with Crippen LogP contribution in [0.3, 0.4) is 0 Å². The number of rotatable bonds is 4. The number of nitrogens with one attached hydrogen (secondary N) is 1. The topological polar surface area (TPSA) is 114 Å². The predicted molar refractivity (Wildman–Crippen MR) is 70.2 cm³/mol. The van der Waals surface area contributed by atoms with Gasteiger partial charge in [-0.05, 0) is 23.7 Å². The molecule has 0 aliphatic carbocycles. The Kier molecular flexibility index (Phi) is 3.64. The molecule has 2 rings (SSSR count). The smallest absolute Gasteiger partial charge is 0.352 e. The molecule has 8 nitrogen and oxygen atoms in total. The Morgan fingerprint density at radius 2 is 2.20 bits per heavy atom. The zero-order valence-corrected chi connectivity index (χ0v) is 11.7. The van der Waals surface area contributed by atoms with Crippen LogP contribution < -0.4 is 4.72 Å². The van der Waals surface area contributed by atoms with E-state index in [-0.39, 0.29) is 21.7 Å². The maximum absolute atomic E-state index is 12.1. The standard InChI is InChI=1S/C10H9ClN4O4S/c1-15-5-6(4-7(15)9(16)17)20(18,19)14-8-2-3-12-10(11)13-8/h2-5H,1H3,(H,16,17)(H,12,13,14). The number of halogens is 1. The number of aryl methyl sites for hydroxylation is 1. The van der Waals surface area contributed by atoms with Crippen LogP contribution in [0.1, 0.15) is 10.5 Å². The van der Waals surface area contributed by atoms with Gasteiger partial charge in [-0.15, -0.1) is 0 Å². The Bertz CT molecular complexity index is 771. The first-order chi connectivity index (χ1) is 9.29. The summed E-state index contributed by atoms with van der Waals surface area (Å²) in [5.74, 6) is -1.23. The first kappa shape index (κ1) is 14.3. The summed E-state index contributed by atoms with van der Waals surface area (Å²) in [5, 5.41) is 8.79. The van der Waals surface area contributed by atoms with E-state index in [0.29, 0.717) is 0 Å². The quantitative estimate of drug-likeness (QED) is 0.812. The van der Waals surface area contributed by atoms with Crippen molar-refractivity contribution in [3.05, 3.63) is 35.5 Å². The normalized spacial score (nSPS) is 11.3. The third-order valence-electron chi connectivity index (χ3n) is 2.37. The number of carboxylic acids is 1. The number of aromatic nitrogens is 3. The third-order valence-corrected chi connectivity index (χ3v) is 3.88. The van der Waals surface area contributed by atoms with Gasteiger partial charge in [-0.2, -0.15) is 4.98 Å². The summed E-state index contributed by atoms with van der Waals surface area (Å²) >= 11 is 5.55. The summed E-state index contributed by atoms with van der Waals surface area (Å²) in [5.41, 5.74) is -0.147. The highest BCUT2D eigenvalue weighted by Gasteiger charge is 2.20. The van der Waals surface area contributed by atoms with Gasteiger partial charge in [-0.1, -0.05) is 0 Å². The van der Waals surface area contributed by atoms with Crippen LogP contribution in [0.5, 0.6) is 0 Å². The van der Waals surface area contributed by atoms with Gasteiger partial charge in [0.1, 0.15) is 16.4 Å². The second-order valence-corrected chi connectivity index (χ2v) is 5.81. The van der Waals surface area contributed by atoms with Gasteiger partial charge in [0.15, 0.2) is 0 Å². The maximum Gasteiger partial charge on any atom is 0.352 e. The van der Waals surface area contributed by atoms with Gasteiger partial charge in [0.05, 0.1) is 0 Å². The molecule has 0 unspecified atom stereocenters. The molecule has 0 saturated carbocycles. The molecular weight excluding hydrogens is 308 g/mol. The molecule has 0 amide bonds. The number of hydrogen-bond acceptors (Lipinski definition) is 5. The second-order valence-electron chi connectivity index (χ2n) is 3.79. The van der Waals surface area contributed by atoms with Crippen LogP contribution in [-0.2, 0) is 17.1 Å². The zero-order chi connectivity index (χ0) is 14.9. The van der Waals surface area contributed by atoms with Gasteiger partial charge >= 0.3 is 5.97 Å². The Hall–Kier alpha value is -2.13. The molecule has 2 aromatic rings. The molecule has 0 bridgehead atoms. The molecule has 0 spiro atoms. The fourth-order valence-corrected chi connectivity index (χ4v) is 2.70. The highest BCUT2D eigenvalue weighted by Crippen LogP contribution is 2.17. The SMILES string of the molecule is Cn1cc(S(=O)(=O)Nc2ccnc(Cl)n2)cc1C(=O)O. The molecule has 0 fully saturated rings. The molecule has 0 aromatic carbocycles. The van der Waals surface area contributed by atoms with E-state index >= 15 is 0 Å². The van der Waals surface area contributed by atoms with E-state index in [4.69, 9.17) is 16.7 Å². The summed E-state index contributed by atoms with van der Waals surface area (Å²) in [6, 6.07) is 2.37. The van der Waals surface area contributed by atoms with E-state index in [1.54, 1.807) is 0 Å².